The number of ether oxygens (including phenoxy) is 1. The van der Waals surface area contributed by atoms with E-state index in [-0.39, 0.29) is 12.1 Å². The highest BCUT2D eigenvalue weighted by Crippen LogP contribution is 2.23. The van der Waals surface area contributed by atoms with Crippen molar-refractivity contribution in [3.8, 4) is 5.95 Å². The molecule has 0 bridgehead atoms. The van der Waals surface area contributed by atoms with Gasteiger partial charge in [0.15, 0.2) is 0 Å². The molecule has 1 N–H and O–H groups in total. The van der Waals surface area contributed by atoms with Crippen LogP contribution < -0.4 is 5.32 Å². The molecule has 1 fully saturated rings. The molecule has 1 saturated heterocycles. The summed E-state index contributed by atoms with van der Waals surface area (Å²) in [7, 11) is 0. The predicted octanol–water partition coefficient (Wildman–Crippen LogP) is 1.86. The summed E-state index contributed by atoms with van der Waals surface area (Å²) >= 11 is 0. The van der Waals surface area contributed by atoms with Gasteiger partial charge in [-0.2, -0.15) is 5.10 Å². The average molecular weight is 340 g/mol. The number of hydrogen-bond acceptors (Lipinski definition) is 6. The highest BCUT2D eigenvalue weighted by molar-refractivity contribution is 5.89. The summed E-state index contributed by atoms with van der Waals surface area (Å²) < 4.78 is 12.5. The number of nitrogens with zero attached hydrogens (tertiary/aromatic N) is 5. The number of aromatic nitrogens is 4. The van der Waals surface area contributed by atoms with Gasteiger partial charge in [0.1, 0.15) is 11.9 Å². The van der Waals surface area contributed by atoms with Gasteiger partial charge in [-0.25, -0.2) is 19.4 Å². The second kappa shape index (κ2) is 6.73. The molecule has 3 aromatic rings. The Kier molecular flexibility index (Phi) is 4.13. The Morgan fingerprint density at radius 2 is 2.16 bits per heavy atom. The number of anilines is 1. The Morgan fingerprint density at radius 3 is 2.96 bits per heavy atom. The van der Waals surface area contributed by atoms with Gasteiger partial charge in [-0.15, -0.1) is 0 Å². The van der Waals surface area contributed by atoms with Crippen LogP contribution in [0, 0.1) is 0 Å². The van der Waals surface area contributed by atoms with Crippen LogP contribution in [0.5, 0.6) is 0 Å². The fourth-order valence-electron chi connectivity index (χ4n) is 2.59. The number of amides is 2. The number of carbonyl (C=O) groups excluding carboxylic acids is 1. The lowest BCUT2D eigenvalue weighted by Crippen LogP contribution is -2.44. The van der Waals surface area contributed by atoms with E-state index < -0.39 is 0 Å². The minimum Gasteiger partial charge on any atom is -0.467 e. The second-order valence-electron chi connectivity index (χ2n) is 5.47. The van der Waals surface area contributed by atoms with E-state index in [0.717, 1.165) is 0 Å². The normalized spacial score (nSPS) is 17.4. The van der Waals surface area contributed by atoms with E-state index in [1.54, 1.807) is 48.1 Å². The van der Waals surface area contributed by atoms with E-state index in [9.17, 15) is 4.79 Å². The fourth-order valence-corrected chi connectivity index (χ4v) is 2.59. The summed E-state index contributed by atoms with van der Waals surface area (Å²) in [6, 6.07) is 5.16. The minimum atomic E-state index is -0.255. The van der Waals surface area contributed by atoms with E-state index in [2.05, 4.69) is 20.4 Å². The van der Waals surface area contributed by atoms with Crippen molar-refractivity contribution in [3.63, 3.8) is 0 Å². The smallest absolute Gasteiger partial charge is 0.322 e. The van der Waals surface area contributed by atoms with Crippen LogP contribution in [-0.2, 0) is 4.74 Å². The molecular weight excluding hydrogens is 324 g/mol. The van der Waals surface area contributed by atoms with Crippen LogP contribution in [0.4, 0.5) is 10.5 Å². The summed E-state index contributed by atoms with van der Waals surface area (Å²) in [6.07, 6.45) is 7.82. The number of morpholine rings is 1. The van der Waals surface area contributed by atoms with Crippen molar-refractivity contribution in [2.24, 2.45) is 0 Å². The molecule has 3 aromatic heterocycles. The van der Waals surface area contributed by atoms with Gasteiger partial charge in [-0.05, 0) is 18.2 Å². The van der Waals surface area contributed by atoms with E-state index in [0.29, 0.717) is 37.1 Å². The molecule has 2 amide bonds. The quantitative estimate of drug-likeness (QED) is 0.781. The van der Waals surface area contributed by atoms with E-state index >= 15 is 0 Å². The maximum Gasteiger partial charge on any atom is 0.322 e. The number of furan rings is 1. The summed E-state index contributed by atoms with van der Waals surface area (Å²) in [5.41, 5.74) is 0.568. The van der Waals surface area contributed by atoms with E-state index in [1.807, 2.05) is 6.07 Å². The largest absolute Gasteiger partial charge is 0.467 e. The Labute approximate surface area is 143 Å². The first-order valence-electron chi connectivity index (χ1n) is 7.82. The van der Waals surface area contributed by atoms with E-state index in [1.165, 1.54) is 4.68 Å². The summed E-state index contributed by atoms with van der Waals surface area (Å²) in [4.78, 5) is 22.4. The first kappa shape index (κ1) is 15.3. The minimum absolute atomic E-state index is 0.214. The molecule has 0 unspecified atom stereocenters. The SMILES string of the molecule is O=C(Nc1cnn(-c2ncccn2)c1)N1CCO[C@@H](c2ccco2)C1. The molecule has 9 nitrogen and oxygen atoms in total. The van der Waals surface area contributed by atoms with Gasteiger partial charge in [0.25, 0.3) is 0 Å². The van der Waals surface area contributed by atoms with Crippen LogP contribution in [-0.4, -0.2) is 50.4 Å². The van der Waals surface area contributed by atoms with E-state index in [4.69, 9.17) is 9.15 Å². The summed E-state index contributed by atoms with van der Waals surface area (Å²) in [6.45, 7) is 1.39. The third-order valence-electron chi connectivity index (χ3n) is 3.81. The molecule has 4 heterocycles. The highest BCUT2D eigenvalue weighted by Gasteiger charge is 2.27. The summed E-state index contributed by atoms with van der Waals surface area (Å²) in [5.74, 6) is 1.15. The van der Waals surface area contributed by atoms with Gasteiger partial charge in [0, 0.05) is 18.9 Å². The number of rotatable bonds is 3. The Morgan fingerprint density at radius 1 is 1.28 bits per heavy atom. The molecule has 128 valence electrons. The van der Waals surface area contributed by atoms with Crippen LogP contribution >= 0.6 is 0 Å². The number of urea groups is 1. The third-order valence-corrected chi connectivity index (χ3v) is 3.81. The molecule has 1 aliphatic heterocycles. The third kappa shape index (κ3) is 3.36. The zero-order valence-electron chi connectivity index (χ0n) is 13.3. The number of carbonyl (C=O) groups is 1. The van der Waals surface area contributed by atoms with Crippen molar-refractivity contribution in [2.75, 3.05) is 25.0 Å². The Bertz CT molecular complexity index is 833. The monoisotopic (exact) mass is 340 g/mol. The molecule has 4 rings (SSSR count). The van der Waals surface area contributed by atoms with Gasteiger partial charge in [0.2, 0.25) is 5.95 Å². The predicted molar refractivity (Wildman–Crippen MR) is 87.1 cm³/mol. The van der Waals surface area contributed by atoms with Crippen LogP contribution in [0.3, 0.4) is 0 Å². The van der Waals surface area contributed by atoms with Crippen LogP contribution in [0.15, 0.2) is 53.7 Å². The molecule has 0 spiro atoms. The lowest BCUT2D eigenvalue weighted by molar-refractivity contribution is -0.0242. The maximum atomic E-state index is 12.5. The van der Waals surface area contributed by atoms with Crippen molar-refractivity contribution in [3.05, 3.63) is 55.0 Å². The molecule has 0 aromatic carbocycles. The zero-order valence-corrected chi connectivity index (χ0v) is 13.3. The molecule has 0 radical (unpaired) electrons. The molecule has 9 heteroatoms. The van der Waals surface area contributed by atoms with Gasteiger partial charge in [0.05, 0.1) is 37.5 Å². The van der Waals surface area contributed by atoms with Crippen molar-refractivity contribution in [1.29, 1.82) is 0 Å². The highest BCUT2D eigenvalue weighted by atomic mass is 16.5. The van der Waals surface area contributed by atoms with Crippen molar-refractivity contribution in [2.45, 2.75) is 6.10 Å². The van der Waals surface area contributed by atoms with Crippen LogP contribution in [0.2, 0.25) is 0 Å². The Hall–Kier alpha value is -3.20. The first-order valence-corrected chi connectivity index (χ1v) is 7.82. The molecule has 1 aliphatic rings. The van der Waals surface area contributed by atoms with Gasteiger partial charge in [-0.1, -0.05) is 0 Å². The van der Waals surface area contributed by atoms with Crippen molar-refractivity contribution < 1.29 is 13.9 Å². The van der Waals surface area contributed by atoms with Gasteiger partial charge in [-0.3, -0.25) is 0 Å². The summed E-state index contributed by atoms with van der Waals surface area (Å²) in [5, 5.41) is 6.99. The Balaban J connectivity index is 1.41. The number of nitrogens with one attached hydrogen (secondary N) is 1. The standard InChI is InChI=1S/C16H16N6O3/c23-16(21-6-8-25-14(11-21)13-3-1-7-24-13)20-12-9-19-22(10-12)15-17-4-2-5-18-15/h1-5,7,9-10,14H,6,8,11H2,(H,20,23)/t14-/m1/s1. The zero-order chi connectivity index (χ0) is 17.1. The van der Waals surface area contributed by atoms with Gasteiger partial charge >= 0.3 is 6.03 Å². The maximum absolute atomic E-state index is 12.5. The van der Waals surface area contributed by atoms with Gasteiger partial charge < -0.3 is 19.4 Å². The lowest BCUT2D eigenvalue weighted by atomic mass is 10.2. The van der Waals surface area contributed by atoms with Crippen molar-refractivity contribution >= 4 is 11.7 Å². The molecular formula is C16H16N6O3. The molecule has 25 heavy (non-hydrogen) atoms. The average Bonchev–Trinajstić information content (AvgIpc) is 3.35. The fraction of sp³-hybridized carbons (Fsp3) is 0.250. The lowest BCUT2D eigenvalue weighted by Gasteiger charge is -2.31. The van der Waals surface area contributed by atoms with Crippen LogP contribution in [0.1, 0.15) is 11.9 Å². The number of hydrogen-bond donors (Lipinski definition) is 1. The second-order valence-corrected chi connectivity index (χ2v) is 5.47. The first-order chi connectivity index (χ1) is 12.3. The topological polar surface area (TPSA) is 98.3 Å². The molecule has 1 atom stereocenters. The van der Waals surface area contributed by atoms with Crippen LogP contribution in [0.25, 0.3) is 5.95 Å². The molecule has 0 saturated carbocycles. The van der Waals surface area contributed by atoms with Crippen molar-refractivity contribution in [1.82, 2.24) is 24.6 Å². The molecule has 0 aliphatic carbocycles.